The molecule has 0 amide bonds. The molecule has 0 radical (unpaired) electrons. The second kappa shape index (κ2) is 4.38. The Morgan fingerprint density at radius 2 is 1.86 bits per heavy atom. The molecule has 1 aromatic carbocycles. The third kappa shape index (κ3) is 3.23. The van der Waals surface area contributed by atoms with Gasteiger partial charge in [0.2, 0.25) is 0 Å². The molecule has 1 N–H and O–H groups in total. The number of hydrogen-bond acceptors (Lipinski definition) is 1. The van der Waals surface area contributed by atoms with Gasteiger partial charge in [-0.15, -0.1) is 0 Å². The number of carboxylic acids is 1. The molecule has 0 heterocycles. The first-order valence-electron chi connectivity index (χ1n) is 3.74. The van der Waals surface area contributed by atoms with Crippen molar-refractivity contribution in [2.75, 3.05) is 0 Å². The van der Waals surface area contributed by atoms with Crippen molar-refractivity contribution in [3.8, 4) is 11.8 Å². The molecule has 0 aliphatic heterocycles. The van der Waals surface area contributed by atoms with Gasteiger partial charge >= 0.3 is 5.97 Å². The van der Waals surface area contributed by atoms with E-state index in [-0.39, 0.29) is 12.0 Å². The highest BCUT2D eigenvalue weighted by molar-refractivity contribution is 5.70. The van der Waals surface area contributed by atoms with Crippen molar-refractivity contribution < 1.29 is 18.7 Å². The Morgan fingerprint density at radius 1 is 1.29 bits per heavy atom. The van der Waals surface area contributed by atoms with Crippen LogP contribution in [0.2, 0.25) is 0 Å². The largest absolute Gasteiger partial charge is 0.481 e. The predicted octanol–water partition coefficient (Wildman–Crippen LogP) is 1.79. The summed E-state index contributed by atoms with van der Waals surface area (Å²) in [6.07, 6.45) is -0.349. The summed E-state index contributed by atoms with van der Waals surface area (Å²) in [5, 5.41) is 8.25. The van der Waals surface area contributed by atoms with Gasteiger partial charge in [0, 0.05) is 11.6 Å². The number of aliphatic carboxylic acids is 1. The summed E-state index contributed by atoms with van der Waals surface area (Å²) in [5.41, 5.74) is 0.128. The molecule has 72 valence electrons. The summed E-state index contributed by atoms with van der Waals surface area (Å²) in [6.45, 7) is 0. The minimum atomic E-state index is -1.07. The van der Waals surface area contributed by atoms with E-state index in [9.17, 15) is 13.6 Å². The van der Waals surface area contributed by atoms with Crippen LogP contribution in [-0.2, 0) is 4.79 Å². The van der Waals surface area contributed by atoms with Gasteiger partial charge in [0.05, 0.1) is 0 Å². The maximum atomic E-state index is 12.6. The maximum Gasteiger partial charge on any atom is 0.315 e. The Bertz CT molecular complexity index is 396. The van der Waals surface area contributed by atoms with E-state index in [1.54, 1.807) is 0 Å². The maximum absolute atomic E-state index is 12.6. The van der Waals surface area contributed by atoms with Crippen LogP contribution < -0.4 is 0 Å². The highest BCUT2D eigenvalue weighted by Gasteiger charge is 1.97. The Labute approximate surface area is 79.2 Å². The lowest BCUT2D eigenvalue weighted by molar-refractivity contribution is -0.135. The molecule has 0 spiro atoms. The van der Waals surface area contributed by atoms with Crippen LogP contribution in [0.15, 0.2) is 18.2 Å². The van der Waals surface area contributed by atoms with Crippen molar-refractivity contribution in [1.82, 2.24) is 0 Å². The molecule has 4 heteroatoms. The molecule has 0 saturated carbocycles. The predicted molar refractivity (Wildman–Crippen MR) is 45.5 cm³/mol. The fraction of sp³-hybridized carbons (Fsp3) is 0.100. The van der Waals surface area contributed by atoms with E-state index < -0.39 is 17.6 Å². The van der Waals surface area contributed by atoms with Crippen LogP contribution in [0.4, 0.5) is 8.78 Å². The van der Waals surface area contributed by atoms with Crippen LogP contribution in [0, 0.1) is 23.5 Å². The molecule has 0 fully saturated rings. The van der Waals surface area contributed by atoms with Gasteiger partial charge in [-0.2, -0.15) is 0 Å². The smallest absolute Gasteiger partial charge is 0.315 e. The second-order valence-electron chi connectivity index (χ2n) is 2.53. The lowest BCUT2D eigenvalue weighted by atomic mass is 10.2. The van der Waals surface area contributed by atoms with E-state index in [0.717, 1.165) is 18.2 Å². The Hall–Kier alpha value is -1.89. The van der Waals surface area contributed by atoms with E-state index in [1.807, 2.05) is 0 Å². The van der Waals surface area contributed by atoms with Gasteiger partial charge in [0.25, 0.3) is 0 Å². The van der Waals surface area contributed by atoms with Gasteiger partial charge in [0.1, 0.15) is 18.1 Å². The number of hydrogen-bond donors (Lipinski definition) is 1. The molecule has 14 heavy (non-hydrogen) atoms. The summed E-state index contributed by atoms with van der Waals surface area (Å²) in [4.78, 5) is 10.1. The molecule has 0 saturated heterocycles. The van der Waals surface area contributed by atoms with E-state index >= 15 is 0 Å². The van der Waals surface area contributed by atoms with E-state index in [2.05, 4.69) is 11.8 Å². The number of rotatable bonds is 1. The summed E-state index contributed by atoms with van der Waals surface area (Å²) in [5.74, 6) is 2.08. The first kappa shape index (κ1) is 10.2. The molecule has 0 bridgehead atoms. The molecule has 0 aliphatic carbocycles. The highest BCUT2D eigenvalue weighted by Crippen LogP contribution is 2.06. The van der Waals surface area contributed by atoms with Crippen molar-refractivity contribution in [3.05, 3.63) is 35.4 Å². The summed E-state index contributed by atoms with van der Waals surface area (Å²) >= 11 is 0. The zero-order valence-corrected chi connectivity index (χ0v) is 7.05. The SMILES string of the molecule is O=C(O)CC#Cc1cc(F)cc(F)c1. The number of carboxylic acid groups (broad SMARTS) is 1. The van der Waals surface area contributed by atoms with Gasteiger partial charge in [-0.3, -0.25) is 4.79 Å². The molecule has 2 nitrogen and oxygen atoms in total. The summed E-state index contributed by atoms with van der Waals surface area (Å²) in [7, 11) is 0. The van der Waals surface area contributed by atoms with Gasteiger partial charge in [-0.25, -0.2) is 8.78 Å². The summed E-state index contributed by atoms with van der Waals surface area (Å²) < 4.78 is 25.2. The van der Waals surface area contributed by atoms with Crippen molar-refractivity contribution in [2.24, 2.45) is 0 Å². The van der Waals surface area contributed by atoms with Gasteiger partial charge < -0.3 is 5.11 Å². The lowest BCUT2D eigenvalue weighted by Gasteiger charge is -1.91. The van der Waals surface area contributed by atoms with Crippen molar-refractivity contribution in [2.45, 2.75) is 6.42 Å². The molecular weight excluding hydrogens is 190 g/mol. The zero-order chi connectivity index (χ0) is 10.6. The Kier molecular flexibility index (Phi) is 3.19. The third-order valence-electron chi connectivity index (χ3n) is 1.33. The normalized spacial score (nSPS) is 9.00. The molecule has 1 rings (SSSR count). The zero-order valence-electron chi connectivity index (χ0n) is 7.05. The van der Waals surface area contributed by atoms with Gasteiger partial charge in [-0.1, -0.05) is 11.8 Å². The van der Waals surface area contributed by atoms with Crippen LogP contribution in [0.1, 0.15) is 12.0 Å². The van der Waals surface area contributed by atoms with E-state index in [0.29, 0.717) is 0 Å². The summed E-state index contributed by atoms with van der Waals surface area (Å²) in [6, 6.07) is 2.80. The van der Waals surface area contributed by atoms with Crippen molar-refractivity contribution in [1.29, 1.82) is 0 Å². The number of benzene rings is 1. The average Bonchev–Trinajstić information content (AvgIpc) is 2.01. The molecule has 0 aliphatic rings. The third-order valence-corrected chi connectivity index (χ3v) is 1.33. The van der Waals surface area contributed by atoms with Gasteiger partial charge in [0.15, 0.2) is 0 Å². The quantitative estimate of drug-likeness (QED) is 0.695. The standard InChI is InChI=1S/C10H6F2O2/c11-8-4-7(5-9(12)6-8)2-1-3-10(13)14/h4-6H,3H2,(H,13,14). The van der Waals surface area contributed by atoms with Crippen LogP contribution in [-0.4, -0.2) is 11.1 Å². The molecular formula is C10H6F2O2. The monoisotopic (exact) mass is 196 g/mol. The Balaban J connectivity index is 2.84. The highest BCUT2D eigenvalue weighted by atomic mass is 19.1. The van der Waals surface area contributed by atoms with Crippen molar-refractivity contribution >= 4 is 5.97 Å². The second-order valence-corrected chi connectivity index (χ2v) is 2.53. The topological polar surface area (TPSA) is 37.3 Å². The van der Waals surface area contributed by atoms with Crippen LogP contribution in [0.25, 0.3) is 0 Å². The van der Waals surface area contributed by atoms with Crippen LogP contribution in [0.3, 0.4) is 0 Å². The average molecular weight is 196 g/mol. The van der Waals surface area contributed by atoms with E-state index in [4.69, 9.17) is 5.11 Å². The molecule has 1 aromatic rings. The minimum absolute atomic E-state index is 0.128. The fourth-order valence-electron chi connectivity index (χ4n) is 0.848. The minimum Gasteiger partial charge on any atom is -0.481 e. The lowest BCUT2D eigenvalue weighted by Crippen LogP contribution is -1.90. The number of halogens is 2. The molecule has 0 aromatic heterocycles. The van der Waals surface area contributed by atoms with Crippen LogP contribution in [0.5, 0.6) is 0 Å². The van der Waals surface area contributed by atoms with Crippen LogP contribution >= 0.6 is 0 Å². The first-order chi connectivity index (χ1) is 6.58. The molecule has 0 atom stereocenters. The Morgan fingerprint density at radius 3 is 2.36 bits per heavy atom. The van der Waals surface area contributed by atoms with Crippen molar-refractivity contribution in [3.63, 3.8) is 0 Å². The van der Waals surface area contributed by atoms with E-state index in [1.165, 1.54) is 0 Å². The first-order valence-corrected chi connectivity index (χ1v) is 3.74. The molecule has 0 unspecified atom stereocenters. The van der Waals surface area contributed by atoms with Gasteiger partial charge in [-0.05, 0) is 12.1 Å². The fourth-order valence-corrected chi connectivity index (χ4v) is 0.848. The number of carbonyl (C=O) groups is 1.